The second kappa shape index (κ2) is 9.05. The van der Waals surface area contributed by atoms with Gasteiger partial charge < -0.3 is 9.80 Å². The van der Waals surface area contributed by atoms with Crippen molar-refractivity contribution in [2.45, 2.75) is 27.3 Å². The van der Waals surface area contributed by atoms with Crippen molar-refractivity contribution in [3.63, 3.8) is 0 Å². The highest BCUT2D eigenvalue weighted by Gasteiger charge is 2.27. The lowest BCUT2D eigenvalue weighted by Crippen LogP contribution is -2.52. The van der Waals surface area contributed by atoms with Crippen LogP contribution in [0.25, 0.3) is 5.69 Å². The van der Waals surface area contributed by atoms with Gasteiger partial charge in [-0.3, -0.25) is 18.7 Å². The van der Waals surface area contributed by atoms with Crippen LogP contribution in [0.2, 0.25) is 0 Å². The van der Waals surface area contributed by atoms with Crippen LogP contribution in [0.1, 0.15) is 28.5 Å². The average Bonchev–Trinajstić information content (AvgIpc) is 2.82. The molecule has 2 aromatic carbocycles. The van der Waals surface area contributed by atoms with Gasteiger partial charge in [0.05, 0.1) is 11.4 Å². The van der Waals surface area contributed by atoms with Gasteiger partial charge in [0.2, 0.25) is 0 Å². The Kier molecular flexibility index (Phi) is 6.18. The lowest BCUT2D eigenvalue weighted by atomic mass is 10.1. The number of amides is 1. The van der Waals surface area contributed by atoms with Gasteiger partial charge in [0.15, 0.2) is 0 Å². The molecule has 1 aromatic heterocycles. The largest absolute Gasteiger partial charge is 0.362 e. The molecule has 1 aliphatic heterocycles. The fraction of sp³-hybridized carbons (Fsp3) is 0.320. The highest BCUT2D eigenvalue weighted by atomic mass is 19.1. The summed E-state index contributed by atoms with van der Waals surface area (Å²) in [5.41, 5.74) is 1.84. The van der Waals surface area contributed by atoms with Gasteiger partial charge in [-0.15, -0.1) is 0 Å². The lowest BCUT2D eigenvalue weighted by Gasteiger charge is -2.36. The van der Waals surface area contributed by atoms with E-state index in [0.29, 0.717) is 54.4 Å². The Morgan fingerprint density at radius 2 is 1.64 bits per heavy atom. The standard InChI is InChI=1S/C25H27FN4O3/c1-4-29-24(32)22(18(3)30(25(29)33)20-8-6-5-7-9-20)27-12-14-28(15-13-27)23(31)19-11-10-17(2)21(26)16-19/h5-11,16H,4,12-15H2,1-3H3. The maximum absolute atomic E-state index is 13.9. The summed E-state index contributed by atoms with van der Waals surface area (Å²) in [5.74, 6) is -0.635. The second-order valence-corrected chi connectivity index (χ2v) is 8.18. The summed E-state index contributed by atoms with van der Waals surface area (Å²) in [7, 11) is 0. The van der Waals surface area contributed by atoms with Crippen LogP contribution in [0.15, 0.2) is 58.1 Å². The van der Waals surface area contributed by atoms with E-state index in [1.54, 1.807) is 42.4 Å². The number of aryl methyl sites for hydroxylation is 1. The molecule has 0 bridgehead atoms. The van der Waals surface area contributed by atoms with Crippen molar-refractivity contribution in [3.8, 4) is 5.69 Å². The van der Waals surface area contributed by atoms with Crippen molar-refractivity contribution in [1.29, 1.82) is 0 Å². The fourth-order valence-corrected chi connectivity index (χ4v) is 4.31. The molecule has 0 N–H and O–H groups in total. The first-order valence-electron chi connectivity index (χ1n) is 11.1. The molecule has 4 rings (SSSR count). The first-order valence-corrected chi connectivity index (χ1v) is 11.1. The first-order chi connectivity index (χ1) is 15.8. The van der Waals surface area contributed by atoms with Crippen LogP contribution in [0.3, 0.4) is 0 Å². The summed E-state index contributed by atoms with van der Waals surface area (Å²) in [4.78, 5) is 42.7. The molecule has 0 radical (unpaired) electrons. The van der Waals surface area contributed by atoms with E-state index in [1.807, 2.05) is 35.2 Å². The summed E-state index contributed by atoms with van der Waals surface area (Å²) in [6.07, 6.45) is 0. The molecule has 0 unspecified atom stereocenters. The Morgan fingerprint density at radius 1 is 0.970 bits per heavy atom. The third-order valence-corrected chi connectivity index (χ3v) is 6.18. The Bertz CT molecular complexity index is 1310. The van der Waals surface area contributed by atoms with Gasteiger partial charge in [-0.2, -0.15) is 0 Å². The van der Waals surface area contributed by atoms with Crippen molar-refractivity contribution >= 4 is 11.6 Å². The molecule has 1 fully saturated rings. The van der Waals surface area contributed by atoms with Crippen LogP contribution in [-0.4, -0.2) is 46.1 Å². The van der Waals surface area contributed by atoms with Crippen molar-refractivity contribution < 1.29 is 9.18 Å². The number of rotatable bonds is 4. The highest BCUT2D eigenvalue weighted by Crippen LogP contribution is 2.20. The van der Waals surface area contributed by atoms with Crippen molar-refractivity contribution in [2.24, 2.45) is 0 Å². The van der Waals surface area contributed by atoms with E-state index in [-0.39, 0.29) is 23.7 Å². The minimum absolute atomic E-state index is 0.231. The van der Waals surface area contributed by atoms with E-state index < -0.39 is 5.82 Å². The SMILES string of the molecule is CCn1c(=O)c(N2CCN(C(=O)c3ccc(C)c(F)c3)CC2)c(C)n(-c2ccccc2)c1=O. The van der Waals surface area contributed by atoms with Crippen molar-refractivity contribution in [3.05, 3.63) is 92.0 Å². The zero-order valence-electron chi connectivity index (χ0n) is 19.0. The van der Waals surface area contributed by atoms with Crippen molar-refractivity contribution in [1.82, 2.24) is 14.0 Å². The molecular weight excluding hydrogens is 423 g/mol. The number of halogens is 1. The molecule has 0 atom stereocenters. The number of benzene rings is 2. The summed E-state index contributed by atoms with van der Waals surface area (Å²) >= 11 is 0. The zero-order valence-corrected chi connectivity index (χ0v) is 19.0. The number of hydrogen-bond acceptors (Lipinski definition) is 4. The number of aromatic nitrogens is 2. The number of nitrogens with zero attached hydrogens (tertiary/aromatic N) is 4. The van der Waals surface area contributed by atoms with Gasteiger partial charge in [0.1, 0.15) is 11.5 Å². The van der Waals surface area contributed by atoms with Gasteiger partial charge in [0, 0.05) is 38.3 Å². The molecule has 172 valence electrons. The van der Waals surface area contributed by atoms with Crippen molar-refractivity contribution in [2.75, 3.05) is 31.1 Å². The molecular formula is C25H27FN4O3. The predicted octanol–water partition coefficient (Wildman–Crippen LogP) is 2.74. The molecule has 33 heavy (non-hydrogen) atoms. The monoisotopic (exact) mass is 450 g/mol. The zero-order chi connectivity index (χ0) is 23.7. The summed E-state index contributed by atoms with van der Waals surface area (Å²) < 4.78 is 16.7. The molecule has 0 spiro atoms. The number of carbonyl (C=O) groups is 1. The molecule has 1 saturated heterocycles. The van der Waals surface area contributed by atoms with E-state index >= 15 is 0 Å². The minimum atomic E-state index is -0.404. The smallest absolute Gasteiger partial charge is 0.335 e. The molecule has 3 aromatic rings. The van der Waals surface area contributed by atoms with E-state index in [2.05, 4.69) is 0 Å². The molecule has 8 heteroatoms. The van der Waals surface area contributed by atoms with E-state index in [0.717, 1.165) is 0 Å². The van der Waals surface area contributed by atoms with Crippen LogP contribution in [-0.2, 0) is 6.54 Å². The third-order valence-electron chi connectivity index (χ3n) is 6.18. The number of hydrogen-bond donors (Lipinski definition) is 0. The second-order valence-electron chi connectivity index (χ2n) is 8.18. The molecule has 1 aliphatic rings. The Hall–Kier alpha value is -3.68. The number of anilines is 1. The highest BCUT2D eigenvalue weighted by molar-refractivity contribution is 5.94. The van der Waals surface area contributed by atoms with Crippen LogP contribution in [0.4, 0.5) is 10.1 Å². The summed E-state index contributed by atoms with van der Waals surface area (Å²) in [6, 6.07) is 13.7. The van der Waals surface area contributed by atoms with Crippen LogP contribution >= 0.6 is 0 Å². The van der Waals surface area contributed by atoms with Crippen LogP contribution in [0, 0.1) is 19.7 Å². The summed E-state index contributed by atoms with van der Waals surface area (Å²) in [6.45, 7) is 7.12. The fourth-order valence-electron chi connectivity index (χ4n) is 4.31. The van der Waals surface area contributed by atoms with Crippen LogP contribution < -0.4 is 16.1 Å². The van der Waals surface area contributed by atoms with Gasteiger partial charge in [-0.1, -0.05) is 24.3 Å². The Balaban J connectivity index is 1.64. The topological polar surface area (TPSA) is 67.6 Å². The van der Waals surface area contributed by atoms with E-state index in [9.17, 15) is 18.8 Å². The van der Waals surface area contributed by atoms with Crippen LogP contribution in [0.5, 0.6) is 0 Å². The predicted molar refractivity (Wildman–Crippen MR) is 126 cm³/mol. The number of carbonyl (C=O) groups excluding carboxylic acids is 1. The minimum Gasteiger partial charge on any atom is -0.362 e. The maximum Gasteiger partial charge on any atom is 0.335 e. The maximum atomic E-state index is 13.9. The Labute approximate surface area is 191 Å². The van der Waals surface area contributed by atoms with Gasteiger partial charge in [-0.25, -0.2) is 9.18 Å². The Morgan fingerprint density at radius 3 is 2.24 bits per heavy atom. The van der Waals surface area contributed by atoms with Gasteiger partial charge in [0.25, 0.3) is 11.5 Å². The third kappa shape index (κ3) is 4.08. The van der Waals surface area contributed by atoms with E-state index in [4.69, 9.17) is 0 Å². The average molecular weight is 451 g/mol. The van der Waals surface area contributed by atoms with E-state index in [1.165, 1.54) is 10.6 Å². The lowest BCUT2D eigenvalue weighted by molar-refractivity contribution is 0.0746. The number of para-hydroxylation sites is 1. The number of piperazine rings is 1. The molecule has 2 heterocycles. The normalized spacial score (nSPS) is 13.9. The first kappa shape index (κ1) is 22.5. The quantitative estimate of drug-likeness (QED) is 0.613. The molecule has 0 aliphatic carbocycles. The van der Waals surface area contributed by atoms with Gasteiger partial charge >= 0.3 is 5.69 Å². The molecule has 0 saturated carbocycles. The molecule has 7 nitrogen and oxygen atoms in total. The van der Waals surface area contributed by atoms with Gasteiger partial charge in [-0.05, 0) is 50.6 Å². The summed E-state index contributed by atoms with van der Waals surface area (Å²) in [5, 5.41) is 0. The molecule has 1 amide bonds.